The molecule has 0 aliphatic heterocycles. The molecule has 0 spiro atoms. The van der Waals surface area contributed by atoms with Crippen LogP contribution >= 0.6 is 0 Å². The summed E-state index contributed by atoms with van der Waals surface area (Å²) in [6.07, 6.45) is 2.25. The first kappa shape index (κ1) is 21.2. The molecular weight excluding hydrogens is 414 g/mol. The number of fused-ring (bicyclic) bond motifs is 7. The summed E-state index contributed by atoms with van der Waals surface area (Å²) < 4.78 is 8.95. The van der Waals surface area contributed by atoms with Gasteiger partial charge in [-0.05, 0) is 59.2 Å². The average molecular weight is 447 g/mol. The molecular formula is C32H32NO+. The Labute approximate surface area is 201 Å². The predicted molar refractivity (Wildman–Crippen MR) is 141 cm³/mol. The molecule has 0 radical (unpaired) electrons. The van der Waals surface area contributed by atoms with Crippen molar-refractivity contribution < 1.29 is 8.98 Å². The van der Waals surface area contributed by atoms with E-state index < -0.39 is 0 Å². The zero-order valence-corrected chi connectivity index (χ0v) is 21.2. The standard InChI is InChI=1S/C32H32NO/c1-18(2)23-16-26(33(7)17-20(23)4)28-19(3)12-13-22-30-27(34-31(22)28)15-14-25-29(30)21-10-8-9-11-24(21)32(25,5)6/h8-18H,1-7H3/q+1. The number of nitrogens with zero attached hydrogens (tertiary/aromatic N) is 1. The van der Waals surface area contributed by atoms with Gasteiger partial charge in [0.2, 0.25) is 5.69 Å². The largest absolute Gasteiger partial charge is 0.455 e. The quantitative estimate of drug-likeness (QED) is 0.250. The van der Waals surface area contributed by atoms with Gasteiger partial charge in [-0.15, -0.1) is 0 Å². The summed E-state index contributed by atoms with van der Waals surface area (Å²) in [5.41, 5.74) is 13.7. The Balaban J connectivity index is 1.73. The van der Waals surface area contributed by atoms with Gasteiger partial charge in [0.1, 0.15) is 18.2 Å². The minimum Gasteiger partial charge on any atom is -0.455 e. The van der Waals surface area contributed by atoms with Crippen molar-refractivity contribution in [3.05, 3.63) is 88.6 Å². The van der Waals surface area contributed by atoms with Crippen LogP contribution in [0, 0.1) is 13.8 Å². The van der Waals surface area contributed by atoms with Crippen LogP contribution in [0.2, 0.25) is 0 Å². The number of furan rings is 1. The molecule has 2 nitrogen and oxygen atoms in total. The van der Waals surface area contributed by atoms with Gasteiger partial charge in [0, 0.05) is 27.8 Å². The Bertz CT molecular complexity index is 1630. The van der Waals surface area contributed by atoms with Gasteiger partial charge < -0.3 is 4.42 Å². The third kappa shape index (κ3) is 2.72. The van der Waals surface area contributed by atoms with Crippen LogP contribution in [-0.4, -0.2) is 0 Å². The molecule has 0 saturated carbocycles. The van der Waals surface area contributed by atoms with Crippen LogP contribution in [0.1, 0.15) is 61.4 Å². The van der Waals surface area contributed by atoms with Gasteiger partial charge in [-0.1, -0.05) is 70.2 Å². The molecule has 0 bridgehead atoms. The first-order valence-corrected chi connectivity index (χ1v) is 12.3. The van der Waals surface area contributed by atoms with Gasteiger partial charge in [-0.2, -0.15) is 0 Å². The Hall–Kier alpha value is -3.39. The minimum absolute atomic E-state index is 0.0210. The van der Waals surface area contributed by atoms with Crippen molar-refractivity contribution in [1.29, 1.82) is 0 Å². The summed E-state index contributed by atoms with van der Waals surface area (Å²) in [5.74, 6) is 0.470. The minimum atomic E-state index is -0.0210. The highest BCUT2D eigenvalue weighted by molar-refractivity contribution is 6.17. The molecule has 1 aliphatic rings. The molecule has 2 aromatic heterocycles. The Morgan fingerprint density at radius 3 is 2.38 bits per heavy atom. The van der Waals surface area contributed by atoms with E-state index in [0.29, 0.717) is 5.92 Å². The molecule has 170 valence electrons. The summed E-state index contributed by atoms with van der Waals surface area (Å²) in [6.45, 7) is 13.6. The summed E-state index contributed by atoms with van der Waals surface area (Å²) in [4.78, 5) is 0. The van der Waals surface area contributed by atoms with Gasteiger partial charge in [0.25, 0.3) is 0 Å². The van der Waals surface area contributed by atoms with E-state index in [1.807, 2.05) is 0 Å². The van der Waals surface area contributed by atoms with Gasteiger partial charge in [-0.25, -0.2) is 4.57 Å². The lowest BCUT2D eigenvalue weighted by molar-refractivity contribution is -0.660. The van der Waals surface area contributed by atoms with Crippen molar-refractivity contribution in [2.75, 3.05) is 0 Å². The molecule has 34 heavy (non-hydrogen) atoms. The molecule has 0 atom stereocenters. The van der Waals surface area contributed by atoms with Gasteiger partial charge in [-0.3, -0.25) is 0 Å². The first-order valence-electron chi connectivity index (χ1n) is 12.3. The number of aryl methyl sites for hydroxylation is 3. The lowest BCUT2D eigenvalue weighted by atomic mass is 9.82. The van der Waals surface area contributed by atoms with Crippen molar-refractivity contribution >= 4 is 21.9 Å². The highest BCUT2D eigenvalue weighted by atomic mass is 16.3. The van der Waals surface area contributed by atoms with Gasteiger partial charge in [0.15, 0.2) is 6.20 Å². The molecule has 0 unspecified atom stereocenters. The molecule has 3 aromatic carbocycles. The number of benzene rings is 3. The van der Waals surface area contributed by atoms with Crippen LogP contribution in [0.4, 0.5) is 0 Å². The fourth-order valence-corrected chi connectivity index (χ4v) is 6.21. The summed E-state index contributed by atoms with van der Waals surface area (Å²) in [5, 5.41) is 2.44. The first-order chi connectivity index (χ1) is 16.2. The second-order valence-electron chi connectivity index (χ2n) is 10.8. The Morgan fingerprint density at radius 2 is 1.62 bits per heavy atom. The molecule has 0 saturated heterocycles. The maximum atomic E-state index is 6.70. The average Bonchev–Trinajstić information content (AvgIpc) is 3.27. The highest BCUT2D eigenvalue weighted by Gasteiger charge is 2.37. The number of hydrogen-bond donors (Lipinski definition) is 0. The van der Waals surface area contributed by atoms with E-state index in [1.54, 1.807) is 0 Å². The molecule has 5 aromatic rings. The topological polar surface area (TPSA) is 17.0 Å². The molecule has 0 amide bonds. The smallest absolute Gasteiger partial charge is 0.216 e. The van der Waals surface area contributed by atoms with Crippen LogP contribution in [-0.2, 0) is 12.5 Å². The van der Waals surface area contributed by atoms with E-state index in [4.69, 9.17) is 4.42 Å². The predicted octanol–water partition coefficient (Wildman–Crippen LogP) is 8.12. The molecule has 2 heterocycles. The van der Waals surface area contributed by atoms with Gasteiger partial charge in [0.05, 0.1) is 5.56 Å². The molecule has 2 heteroatoms. The molecule has 1 aliphatic carbocycles. The summed E-state index contributed by atoms with van der Waals surface area (Å²) >= 11 is 0. The van der Waals surface area contributed by atoms with Gasteiger partial charge >= 0.3 is 0 Å². The summed E-state index contributed by atoms with van der Waals surface area (Å²) in [6, 6.07) is 20.2. The number of hydrogen-bond acceptors (Lipinski definition) is 1. The SMILES string of the molecule is Cc1c[n+](C)c(-c2c(C)ccc3c2oc2ccc4c(c23)-c2ccccc2C4(C)C)cc1C(C)C. The molecule has 0 fully saturated rings. The van der Waals surface area contributed by atoms with Crippen molar-refractivity contribution in [3.63, 3.8) is 0 Å². The Morgan fingerprint density at radius 1 is 0.853 bits per heavy atom. The zero-order valence-electron chi connectivity index (χ0n) is 21.2. The molecule has 0 N–H and O–H groups in total. The number of aromatic nitrogens is 1. The Kier molecular flexibility index (Phi) is 4.39. The fraction of sp³-hybridized carbons (Fsp3) is 0.281. The monoisotopic (exact) mass is 446 g/mol. The van der Waals surface area contributed by atoms with Crippen molar-refractivity contribution in [2.45, 2.75) is 52.9 Å². The number of rotatable bonds is 2. The molecule has 6 rings (SSSR count). The zero-order chi connectivity index (χ0) is 23.9. The van der Waals surface area contributed by atoms with Crippen LogP contribution in [0.25, 0.3) is 44.3 Å². The summed E-state index contributed by atoms with van der Waals surface area (Å²) in [7, 11) is 2.14. The maximum Gasteiger partial charge on any atom is 0.216 e. The van der Waals surface area contributed by atoms with Crippen LogP contribution in [0.15, 0.2) is 65.2 Å². The maximum absolute atomic E-state index is 6.70. The fourth-order valence-electron chi connectivity index (χ4n) is 6.21. The third-order valence-corrected chi connectivity index (χ3v) is 7.95. The van der Waals surface area contributed by atoms with E-state index in [-0.39, 0.29) is 5.41 Å². The van der Waals surface area contributed by atoms with Crippen LogP contribution < -0.4 is 4.57 Å². The lowest BCUT2D eigenvalue weighted by Crippen LogP contribution is -2.32. The van der Waals surface area contributed by atoms with E-state index in [1.165, 1.54) is 61.0 Å². The van der Waals surface area contributed by atoms with Crippen molar-refractivity contribution in [2.24, 2.45) is 7.05 Å². The van der Waals surface area contributed by atoms with Crippen LogP contribution in [0.3, 0.4) is 0 Å². The van der Waals surface area contributed by atoms with E-state index in [9.17, 15) is 0 Å². The lowest BCUT2D eigenvalue weighted by Gasteiger charge is -2.21. The van der Waals surface area contributed by atoms with E-state index in [2.05, 4.69) is 114 Å². The highest BCUT2D eigenvalue weighted by Crippen LogP contribution is 2.53. The third-order valence-electron chi connectivity index (χ3n) is 7.95. The second kappa shape index (κ2) is 7.06. The van der Waals surface area contributed by atoms with Crippen molar-refractivity contribution in [1.82, 2.24) is 0 Å². The van der Waals surface area contributed by atoms with Crippen LogP contribution in [0.5, 0.6) is 0 Å². The van der Waals surface area contributed by atoms with E-state index >= 15 is 0 Å². The van der Waals surface area contributed by atoms with Crippen molar-refractivity contribution in [3.8, 4) is 22.4 Å². The second-order valence-corrected chi connectivity index (χ2v) is 10.8. The van der Waals surface area contributed by atoms with E-state index in [0.717, 1.165) is 11.2 Å². The normalized spacial score (nSPS) is 14.2. The number of pyridine rings is 1.